The summed E-state index contributed by atoms with van der Waals surface area (Å²) in [5.74, 6) is -0.0787. The molecular formula is C21H16ClF3N2O4. The summed E-state index contributed by atoms with van der Waals surface area (Å²) >= 11 is 6.24. The molecule has 1 aromatic heterocycles. The zero-order valence-corrected chi connectivity index (χ0v) is 16.8. The molecule has 2 aromatic carbocycles. The van der Waals surface area contributed by atoms with Crippen LogP contribution >= 0.6 is 11.6 Å². The number of halogens is 4. The smallest absolute Gasteiger partial charge is 0.416 e. The quantitative estimate of drug-likeness (QED) is 0.586. The van der Waals surface area contributed by atoms with Crippen molar-refractivity contribution in [3.05, 3.63) is 69.9 Å². The Morgan fingerprint density at radius 3 is 2.58 bits per heavy atom. The van der Waals surface area contributed by atoms with E-state index in [0.29, 0.717) is 16.9 Å². The molecule has 1 aliphatic rings. The van der Waals surface area contributed by atoms with Gasteiger partial charge in [0.15, 0.2) is 11.5 Å². The van der Waals surface area contributed by atoms with Crippen LogP contribution in [-0.2, 0) is 6.18 Å². The molecule has 0 unspecified atom stereocenters. The summed E-state index contributed by atoms with van der Waals surface area (Å²) in [5.41, 5.74) is 0.614. The zero-order chi connectivity index (χ0) is 22.3. The van der Waals surface area contributed by atoms with Crippen molar-refractivity contribution < 1.29 is 32.3 Å². The van der Waals surface area contributed by atoms with Gasteiger partial charge in [0.05, 0.1) is 24.8 Å². The van der Waals surface area contributed by atoms with E-state index in [4.69, 9.17) is 20.9 Å². The average molecular weight is 453 g/mol. The lowest BCUT2D eigenvalue weighted by Crippen LogP contribution is -2.27. The fraction of sp³-hybridized carbons (Fsp3) is 0.238. The number of amides is 1. The van der Waals surface area contributed by atoms with Gasteiger partial charge in [-0.1, -0.05) is 35.0 Å². The number of aliphatic hydroxyl groups excluding tert-OH is 1. The van der Waals surface area contributed by atoms with Gasteiger partial charge in [-0.2, -0.15) is 13.2 Å². The SMILES string of the molecule is COc1ccc2c(c1)[C@@H](NC(=O)c1noc(-c3ccc(C(F)(F)F)cc3)c1Cl)C[C@H]2O. The van der Waals surface area contributed by atoms with Gasteiger partial charge in [-0.3, -0.25) is 4.79 Å². The summed E-state index contributed by atoms with van der Waals surface area (Å²) < 4.78 is 48.6. The van der Waals surface area contributed by atoms with E-state index in [1.54, 1.807) is 18.2 Å². The largest absolute Gasteiger partial charge is 0.497 e. The van der Waals surface area contributed by atoms with E-state index < -0.39 is 29.8 Å². The molecule has 0 saturated heterocycles. The van der Waals surface area contributed by atoms with Crippen molar-refractivity contribution in [2.45, 2.75) is 24.7 Å². The van der Waals surface area contributed by atoms with Crippen molar-refractivity contribution in [3.63, 3.8) is 0 Å². The van der Waals surface area contributed by atoms with Crippen LogP contribution in [0.25, 0.3) is 11.3 Å². The molecule has 1 heterocycles. The third-order valence-corrected chi connectivity index (χ3v) is 5.47. The molecule has 2 N–H and O–H groups in total. The number of aromatic nitrogens is 1. The maximum absolute atomic E-state index is 12.7. The summed E-state index contributed by atoms with van der Waals surface area (Å²) in [6.45, 7) is 0. The van der Waals surface area contributed by atoms with Gasteiger partial charge in [0.1, 0.15) is 10.8 Å². The Morgan fingerprint density at radius 2 is 1.94 bits per heavy atom. The van der Waals surface area contributed by atoms with Gasteiger partial charge in [0, 0.05) is 12.0 Å². The van der Waals surface area contributed by atoms with E-state index in [2.05, 4.69) is 10.5 Å². The molecule has 0 aliphatic heterocycles. The Labute approximate surface area is 179 Å². The summed E-state index contributed by atoms with van der Waals surface area (Å²) in [6.07, 6.45) is -4.96. The number of hydrogen-bond acceptors (Lipinski definition) is 5. The second-order valence-electron chi connectivity index (χ2n) is 7.02. The van der Waals surface area contributed by atoms with Gasteiger partial charge in [-0.15, -0.1) is 0 Å². The van der Waals surface area contributed by atoms with E-state index in [1.807, 2.05) is 0 Å². The highest BCUT2D eigenvalue weighted by molar-refractivity contribution is 6.35. The van der Waals surface area contributed by atoms with Gasteiger partial charge in [-0.25, -0.2) is 0 Å². The number of benzene rings is 2. The fourth-order valence-corrected chi connectivity index (χ4v) is 3.80. The predicted octanol–water partition coefficient (Wildman–Crippen LogP) is 4.93. The second kappa shape index (κ2) is 7.90. The molecule has 3 aromatic rings. The summed E-state index contributed by atoms with van der Waals surface area (Å²) in [7, 11) is 1.51. The van der Waals surface area contributed by atoms with Gasteiger partial charge < -0.3 is 19.7 Å². The highest BCUT2D eigenvalue weighted by Crippen LogP contribution is 2.41. The summed E-state index contributed by atoms with van der Waals surface area (Å²) in [5, 5.41) is 16.6. The van der Waals surface area contributed by atoms with Gasteiger partial charge >= 0.3 is 6.18 Å². The number of carbonyl (C=O) groups is 1. The number of nitrogens with zero attached hydrogens (tertiary/aromatic N) is 1. The topological polar surface area (TPSA) is 84.6 Å². The van der Waals surface area contributed by atoms with Gasteiger partial charge in [0.2, 0.25) is 0 Å². The molecule has 0 spiro atoms. The van der Waals surface area contributed by atoms with E-state index >= 15 is 0 Å². The molecule has 0 bridgehead atoms. The van der Waals surface area contributed by atoms with Crippen LogP contribution in [0.1, 0.15) is 45.7 Å². The third kappa shape index (κ3) is 3.98. The lowest BCUT2D eigenvalue weighted by atomic mass is 10.1. The van der Waals surface area contributed by atoms with Crippen molar-refractivity contribution in [1.29, 1.82) is 0 Å². The van der Waals surface area contributed by atoms with Crippen LogP contribution in [0.4, 0.5) is 13.2 Å². The minimum Gasteiger partial charge on any atom is -0.497 e. The van der Waals surface area contributed by atoms with E-state index in [1.165, 1.54) is 19.2 Å². The summed E-state index contributed by atoms with van der Waals surface area (Å²) in [6, 6.07) is 8.83. The Bertz CT molecular complexity index is 1130. The molecule has 4 rings (SSSR count). The maximum atomic E-state index is 12.7. The van der Waals surface area contributed by atoms with Gasteiger partial charge in [0.25, 0.3) is 5.91 Å². The molecule has 0 fully saturated rings. The lowest BCUT2D eigenvalue weighted by Gasteiger charge is -2.13. The molecule has 1 amide bonds. The first kappa shape index (κ1) is 21.2. The Hall–Kier alpha value is -3.04. The first-order chi connectivity index (χ1) is 14.7. The Morgan fingerprint density at radius 1 is 1.23 bits per heavy atom. The maximum Gasteiger partial charge on any atom is 0.416 e. The highest BCUT2D eigenvalue weighted by Gasteiger charge is 2.33. The van der Waals surface area contributed by atoms with Crippen LogP contribution in [0, 0.1) is 0 Å². The van der Waals surface area contributed by atoms with Crippen LogP contribution in [0.2, 0.25) is 5.02 Å². The average Bonchev–Trinajstić information content (AvgIpc) is 3.27. The number of nitrogens with one attached hydrogen (secondary N) is 1. The predicted molar refractivity (Wildman–Crippen MR) is 105 cm³/mol. The first-order valence-electron chi connectivity index (χ1n) is 9.18. The minimum atomic E-state index is -4.47. The third-order valence-electron chi connectivity index (χ3n) is 5.12. The molecule has 162 valence electrons. The molecule has 0 saturated carbocycles. The number of rotatable bonds is 4. The Balaban J connectivity index is 1.56. The number of ether oxygens (including phenoxy) is 1. The monoisotopic (exact) mass is 452 g/mol. The Kier molecular flexibility index (Phi) is 5.40. The molecule has 0 radical (unpaired) electrons. The minimum absolute atomic E-state index is 0.0194. The molecule has 10 heteroatoms. The highest BCUT2D eigenvalue weighted by atomic mass is 35.5. The van der Waals surface area contributed by atoms with E-state index in [9.17, 15) is 23.1 Å². The molecule has 31 heavy (non-hydrogen) atoms. The molecule has 6 nitrogen and oxygen atoms in total. The van der Waals surface area contributed by atoms with Crippen LogP contribution in [0.15, 0.2) is 47.0 Å². The van der Waals surface area contributed by atoms with Crippen LogP contribution in [0.3, 0.4) is 0 Å². The molecule has 1 aliphatic carbocycles. The number of hydrogen-bond donors (Lipinski definition) is 2. The van der Waals surface area contributed by atoms with E-state index in [0.717, 1.165) is 12.1 Å². The van der Waals surface area contributed by atoms with Crippen molar-refractivity contribution in [2.75, 3.05) is 7.11 Å². The zero-order valence-electron chi connectivity index (χ0n) is 16.0. The van der Waals surface area contributed by atoms with E-state index in [-0.39, 0.29) is 28.5 Å². The number of methoxy groups -OCH3 is 1. The van der Waals surface area contributed by atoms with Crippen molar-refractivity contribution in [3.8, 4) is 17.1 Å². The van der Waals surface area contributed by atoms with Crippen molar-refractivity contribution in [1.82, 2.24) is 10.5 Å². The number of fused-ring (bicyclic) bond motifs is 1. The molecule has 2 atom stereocenters. The number of alkyl halides is 3. The van der Waals surface area contributed by atoms with Crippen LogP contribution in [-0.4, -0.2) is 23.3 Å². The van der Waals surface area contributed by atoms with Crippen LogP contribution < -0.4 is 10.1 Å². The normalized spacial score (nSPS) is 18.0. The summed E-state index contributed by atoms with van der Waals surface area (Å²) in [4.78, 5) is 12.7. The first-order valence-corrected chi connectivity index (χ1v) is 9.56. The molecular weight excluding hydrogens is 437 g/mol. The van der Waals surface area contributed by atoms with Crippen LogP contribution in [0.5, 0.6) is 5.75 Å². The van der Waals surface area contributed by atoms with Crippen molar-refractivity contribution >= 4 is 17.5 Å². The number of carbonyl (C=O) groups excluding carboxylic acids is 1. The fourth-order valence-electron chi connectivity index (χ4n) is 3.54. The second-order valence-corrected chi connectivity index (χ2v) is 7.40. The lowest BCUT2D eigenvalue weighted by molar-refractivity contribution is -0.137. The van der Waals surface area contributed by atoms with Crippen molar-refractivity contribution in [2.24, 2.45) is 0 Å². The number of aliphatic hydroxyl groups is 1. The van der Waals surface area contributed by atoms with Gasteiger partial charge in [-0.05, 0) is 35.4 Å². The standard InChI is InChI=1S/C21H16ClF3N2O4/c1-30-12-6-7-13-14(8-12)15(9-16(13)28)26-20(29)18-17(22)19(31-27-18)10-2-4-11(5-3-10)21(23,24)25/h2-8,15-16,28H,9H2,1H3,(H,26,29)/t15-,16+/m0/s1.